The van der Waals surface area contributed by atoms with Crippen molar-refractivity contribution in [2.24, 2.45) is 0 Å². The Morgan fingerprint density at radius 2 is 1.94 bits per heavy atom. The number of halogens is 3. The van der Waals surface area contributed by atoms with Crippen LogP contribution < -0.4 is 15.0 Å². The lowest BCUT2D eigenvalue weighted by Gasteiger charge is -2.44. The number of hydrogen-bond acceptors (Lipinski definition) is 7. The van der Waals surface area contributed by atoms with Crippen LogP contribution in [0.5, 0.6) is 6.01 Å². The Bertz CT molecular complexity index is 2000. The first-order valence-corrected chi connectivity index (χ1v) is 17.5. The molecule has 248 valence electrons. The Labute approximate surface area is 278 Å². The van der Waals surface area contributed by atoms with Gasteiger partial charge in [0.15, 0.2) is 5.82 Å². The van der Waals surface area contributed by atoms with Crippen molar-refractivity contribution >= 4 is 27.5 Å². The number of anilines is 1. The van der Waals surface area contributed by atoms with Gasteiger partial charge in [0, 0.05) is 41.7 Å². The summed E-state index contributed by atoms with van der Waals surface area (Å²) in [6.07, 6.45) is 13.4. The van der Waals surface area contributed by atoms with E-state index in [0.717, 1.165) is 70.2 Å². The second kappa shape index (κ2) is 11.3. The number of nitrogens with one attached hydrogen (secondary N) is 1. The van der Waals surface area contributed by atoms with Crippen LogP contribution in [0.2, 0.25) is 0 Å². The number of benzene rings is 2. The third-order valence-corrected chi connectivity index (χ3v) is 12.0. The van der Waals surface area contributed by atoms with Crippen LogP contribution in [0.1, 0.15) is 75.5 Å². The maximum atomic E-state index is 17.3. The summed E-state index contributed by atoms with van der Waals surface area (Å²) in [5.74, 6) is 2.00. The summed E-state index contributed by atoms with van der Waals surface area (Å²) in [5, 5.41) is 5.57. The van der Waals surface area contributed by atoms with Crippen molar-refractivity contribution < 1.29 is 17.9 Å². The standard InChI is InChI=1S/C38H39F3N6O/c1-3-25-27(40)11-9-22-6-4-7-26(30(22)25)34-32(41)35-31-33(43-34)21(2)8-13-29-28-12-10-23(42-28)19-46(29)36(31)45-37(44-35)48-20-38-15-5-17-47(38)24(18-39)14-16-38/h1,4,6-7,9,11,21,23-24,28-29,42H,5,8,10,12-20H2,2H3/t21-,23-,24+,28+,29-,38+/m1/s1. The van der Waals surface area contributed by atoms with Crippen LogP contribution in [-0.2, 0) is 0 Å². The Balaban J connectivity index is 1.25. The molecule has 9 rings (SSSR count). The molecule has 0 saturated carbocycles. The molecule has 2 bridgehead atoms. The summed E-state index contributed by atoms with van der Waals surface area (Å²) in [7, 11) is 0. The SMILES string of the molecule is C#Cc1c(F)ccc2cccc(-c3nc4c5c(nc(OC[C@@]67CCCN6[C@H](CF)CC7)nc5c3F)N3C[C@H]5CC[C@H](N5)[C@H]3CC[C@H]4C)c12. The number of aromatic nitrogens is 3. The summed E-state index contributed by atoms with van der Waals surface area (Å²) >= 11 is 0. The summed E-state index contributed by atoms with van der Waals surface area (Å²) in [6.45, 7) is 3.69. The zero-order valence-corrected chi connectivity index (χ0v) is 27.1. The highest BCUT2D eigenvalue weighted by atomic mass is 19.1. The first-order valence-electron chi connectivity index (χ1n) is 17.5. The second-order valence-corrected chi connectivity index (χ2v) is 14.6. The van der Waals surface area contributed by atoms with Crippen molar-refractivity contribution in [3.8, 4) is 29.6 Å². The van der Waals surface area contributed by atoms with Crippen LogP contribution in [-0.4, -0.2) is 75.9 Å². The number of ether oxygens (including phenoxy) is 1. The predicted octanol–water partition coefficient (Wildman–Crippen LogP) is 6.66. The van der Waals surface area contributed by atoms with Crippen molar-refractivity contribution in [3.63, 3.8) is 0 Å². The van der Waals surface area contributed by atoms with Crippen LogP contribution in [0, 0.1) is 24.0 Å². The number of fused-ring (bicyclic) bond motifs is 7. The largest absolute Gasteiger partial charge is 0.461 e. The van der Waals surface area contributed by atoms with Gasteiger partial charge in [0.1, 0.15) is 36.1 Å². The molecule has 0 unspecified atom stereocenters. The van der Waals surface area contributed by atoms with Gasteiger partial charge in [-0.05, 0) is 75.3 Å². The molecule has 7 heterocycles. The fourth-order valence-corrected chi connectivity index (χ4v) is 9.68. The number of alkyl halides is 1. The van der Waals surface area contributed by atoms with Crippen molar-refractivity contribution in [1.82, 2.24) is 25.2 Å². The first kappa shape index (κ1) is 30.1. The molecule has 0 amide bonds. The van der Waals surface area contributed by atoms with Gasteiger partial charge < -0.3 is 15.0 Å². The highest BCUT2D eigenvalue weighted by Crippen LogP contribution is 2.46. The number of piperazine rings is 1. The van der Waals surface area contributed by atoms with E-state index < -0.39 is 11.6 Å². The van der Waals surface area contributed by atoms with Crippen molar-refractivity contribution in [2.45, 2.75) is 93.9 Å². The molecule has 4 aromatic rings. The maximum Gasteiger partial charge on any atom is 0.319 e. The van der Waals surface area contributed by atoms with Crippen molar-refractivity contribution in [2.75, 3.05) is 31.3 Å². The average Bonchev–Trinajstić information content (AvgIpc) is 3.79. The van der Waals surface area contributed by atoms with Crippen LogP contribution in [0.3, 0.4) is 0 Å². The minimum Gasteiger partial charge on any atom is -0.461 e. The third kappa shape index (κ3) is 4.46. The topological polar surface area (TPSA) is 66.4 Å². The molecule has 4 fully saturated rings. The lowest BCUT2D eigenvalue weighted by atomic mass is 9.88. The van der Waals surface area contributed by atoms with Crippen molar-refractivity contribution in [1.29, 1.82) is 0 Å². The van der Waals surface area contributed by atoms with Gasteiger partial charge in [-0.1, -0.05) is 37.1 Å². The third-order valence-electron chi connectivity index (χ3n) is 12.0. The monoisotopic (exact) mass is 652 g/mol. The Morgan fingerprint density at radius 3 is 2.79 bits per heavy atom. The Kier molecular flexibility index (Phi) is 7.10. The van der Waals surface area contributed by atoms with E-state index in [4.69, 9.17) is 26.1 Å². The zero-order valence-electron chi connectivity index (χ0n) is 27.1. The highest BCUT2D eigenvalue weighted by Gasteiger charge is 2.50. The van der Waals surface area contributed by atoms with Crippen LogP contribution in [0.15, 0.2) is 30.3 Å². The summed E-state index contributed by atoms with van der Waals surface area (Å²) in [4.78, 5) is 19.6. The van der Waals surface area contributed by atoms with Crippen molar-refractivity contribution in [3.05, 3.63) is 53.2 Å². The number of terminal acetylenes is 1. The number of nitrogens with zero attached hydrogens (tertiary/aromatic N) is 5. The molecule has 6 atom stereocenters. The van der Waals surface area contributed by atoms with Crippen LogP contribution in [0.25, 0.3) is 32.9 Å². The smallest absolute Gasteiger partial charge is 0.319 e. The van der Waals surface area contributed by atoms with E-state index in [-0.39, 0.29) is 53.0 Å². The van der Waals surface area contributed by atoms with Gasteiger partial charge in [-0.25, -0.2) is 18.2 Å². The summed E-state index contributed by atoms with van der Waals surface area (Å²) in [5.41, 5.74) is 1.21. The van der Waals surface area contributed by atoms with Gasteiger partial charge >= 0.3 is 6.01 Å². The maximum absolute atomic E-state index is 17.3. The molecule has 1 N–H and O–H groups in total. The van der Waals surface area contributed by atoms with Gasteiger partial charge in [0.05, 0.1) is 22.2 Å². The molecule has 4 saturated heterocycles. The summed E-state index contributed by atoms with van der Waals surface area (Å²) in [6, 6.07) is 9.30. The molecule has 10 heteroatoms. The lowest BCUT2D eigenvalue weighted by Crippen LogP contribution is -2.58. The molecule has 5 aliphatic rings. The molecule has 7 nitrogen and oxygen atoms in total. The minimum atomic E-state index is -0.608. The zero-order chi connectivity index (χ0) is 32.7. The molecular weight excluding hydrogens is 613 g/mol. The molecular formula is C38H39F3N6O. The lowest BCUT2D eigenvalue weighted by molar-refractivity contribution is 0.0772. The molecule has 2 aromatic heterocycles. The number of rotatable bonds is 5. The molecule has 0 spiro atoms. The van der Waals surface area contributed by atoms with E-state index in [1.807, 2.05) is 12.1 Å². The van der Waals surface area contributed by atoms with Gasteiger partial charge in [-0.2, -0.15) is 9.97 Å². The van der Waals surface area contributed by atoms with Gasteiger partial charge in [0.25, 0.3) is 0 Å². The predicted molar refractivity (Wildman–Crippen MR) is 180 cm³/mol. The molecule has 48 heavy (non-hydrogen) atoms. The molecule has 2 aromatic carbocycles. The van der Waals surface area contributed by atoms with Gasteiger partial charge in [-0.15, -0.1) is 6.42 Å². The fraction of sp³-hybridized carbons (Fsp3) is 0.500. The van der Waals surface area contributed by atoms with Gasteiger partial charge in [-0.3, -0.25) is 4.90 Å². The number of pyridine rings is 1. The van der Waals surface area contributed by atoms with E-state index in [2.05, 4.69) is 28.0 Å². The fourth-order valence-electron chi connectivity index (χ4n) is 9.68. The Morgan fingerprint density at radius 1 is 1.04 bits per heavy atom. The van der Waals surface area contributed by atoms with Crippen LogP contribution >= 0.6 is 0 Å². The van der Waals surface area contributed by atoms with E-state index in [0.29, 0.717) is 46.2 Å². The normalized spacial score (nSPS) is 29.5. The van der Waals surface area contributed by atoms with E-state index in [1.165, 1.54) is 6.07 Å². The van der Waals surface area contributed by atoms with E-state index >= 15 is 8.78 Å². The van der Waals surface area contributed by atoms with E-state index in [1.54, 1.807) is 12.1 Å². The average molecular weight is 653 g/mol. The minimum absolute atomic E-state index is 0.0110. The first-order chi connectivity index (χ1) is 23.4. The summed E-state index contributed by atoms with van der Waals surface area (Å²) < 4.78 is 52.7. The quantitative estimate of drug-likeness (QED) is 0.242. The number of hydrogen-bond donors (Lipinski definition) is 1. The Hall–Kier alpha value is -3.94. The highest BCUT2D eigenvalue weighted by molar-refractivity contribution is 6.03. The second-order valence-electron chi connectivity index (χ2n) is 14.6. The van der Waals surface area contributed by atoms with E-state index in [9.17, 15) is 4.39 Å². The van der Waals surface area contributed by atoms with Crippen LogP contribution in [0.4, 0.5) is 19.0 Å². The molecule has 0 aliphatic carbocycles. The van der Waals surface area contributed by atoms with Gasteiger partial charge in [0.2, 0.25) is 0 Å². The molecule has 0 radical (unpaired) electrons. The molecule has 5 aliphatic heterocycles.